The van der Waals surface area contributed by atoms with E-state index in [-0.39, 0.29) is 23.7 Å². The van der Waals surface area contributed by atoms with Crippen LogP contribution in [0.2, 0.25) is 0 Å². The van der Waals surface area contributed by atoms with Gasteiger partial charge in [0, 0.05) is 12.0 Å². The molecule has 17 heavy (non-hydrogen) atoms. The molecule has 0 saturated carbocycles. The quantitative estimate of drug-likeness (QED) is 0.799. The number of thiophene rings is 1. The SMILES string of the molecule is CC1(C)CCN(C(=O)c2ccc(Br)s2)CC1=O. The Morgan fingerprint density at radius 3 is 2.71 bits per heavy atom. The third-order valence-corrected chi connectivity index (χ3v) is 4.78. The van der Waals surface area contributed by atoms with Gasteiger partial charge in [0.2, 0.25) is 0 Å². The second-order valence-corrected chi connectivity index (χ2v) is 7.35. The number of nitrogens with zero attached hydrogens (tertiary/aromatic N) is 1. The van der Waals surface area contributed by atoms with Gasteiger partial charge in [0.25, 0.3) is 5.91 Å². The van der Waals surface area contributed by atoms with Crippen molar-refractivity contribution in [2.45, 2.75) is 20.3 Å². The number of Topliss-reactive ketones (excluding diaryl/α,β-unsaturated/α-hetero) is 1. The van der Waals surface area contributed by atoms with E-state index in [4.69, 9.17) is 0 Å². The molecule has 1 fully saturated rings. The normalized spacial score (nSPS) is 19.5. The minimum Gasteiger partial charge on any atom is -0.331 e. The number of carbonyl (C=O) groups excluding carboxylic acids is 2. The number of hydrogen-bond acceptors (Lipinski definition) is 3. The smallest absolute Gasteiger partial charge is 0.264 e. The molecule has 0 N–H and O–H groups in total. The molecule has 2 heterocycles. The Morgan fingerprint density at radius 1 is 1.47 bits per heavy atom. The van der Waals surface area contributed by atoms with Gasteiger partial charge in [-0.3, -0.25) is 9.59 Å². The molecule has 0 aromatic carbocycles. The summed E-state index contributed by atoms with van der Waals surface area (Å²) in [7, 11) is 0. The number of likely N-dealkylation sites (tertiary alicyclic amines) is 1. The van der Waals surface area contributed by atoms with Gasteiger partial charge in [-0.05, 0) is 34.5 Å². The molecule has 1 aromatic heterocycles. The van der Waals surface area contributed by atoms with Gasteiger partial charge in [-0.1, -0.05) is 13.8 Å². The number of rotatable bonds is 1. The van der Waals surface area contributed by atoms with Crippen LogP contribution in [-0.2, 0) is 4.79 Å². The van der Waals surface area contributed by atoms with E-state index in [9.17, 15) is 9.59 Å². The summed E-state index contributed by atoms with van der Waals surface area (Å²) in [6, 6.07) is 3.65. The van der Waals surface area contributed by atoms with E-state index < -0.39 is 0 Å². The fourth-order valence-electron chi connectivity index (χ4n) is 1.78. The molecule has 0 aliphatic carbocycles. The van der Waals surface area contributed by atoms with Crippen LogP contribution in [0.15, 0.2) is 15.9 Å². The van der Waals surface area contributed by atoms with E-state index in [1.807, 2.05) is 19.9 Å². The molecule has 92 valence electrons. The zero-order chi connectivity index (χ0) is 12.6. The minimum absolute atomic E-state index is 0.0375. The summed E-state index contributed by atoms with van der Waals surface area (Å²) in [6.45, 7) is 4.78. The van der Waals surface area contributed by atoms with E-state index in [0.717, 1.165) is 10.2 Å². The second kappa shape index (κ2) is 4.53. The van der Waals surface area contributed by atoms with Gasteiger partial charge in [0.15, 0.2) is 5.78 Å². The van der Waals surface area contributed by atoms with E-state index in [0.29, 0.717) is 11.4 Å². The van der Waals surface area contributed by atoms with Crippen molar-refractivity contribution < 1.29 is 9.59 Å². The molecule has 1 amide bonds. The largest absolute Gasteiger partial charge is 0.331 e. The second-order valence-electron chi connectivity index (χ2n) is 4.89. The van der Waals surface area contributed by atoms with E-state index in [1.165, 1.54) is 11.3 Å². The summed E-state index contributed by atoms with van der Waals surface area (Å²) in [4.78, 5) is 26.3. The molecule has 0 atom stereocenters. The topological polar surface area (TPSA) is 37.4 Å². The van der Waals surface area contributed by atoms with Crippen molar-refractivity contribution in [3.63, 3.8) is 0 Å². The zero-order valence-corrected chi connectivity index (χ0v) is 12.2. The number of hydrogen-bond donors (Lipinski definition) is 0. The highest BCUT2D eigenvalue weighted by molar-refractivity contribution is 9.11. The Kier molecular flexibility index (Phi) is 3.41. The summed E-state index contributed by atoms with van der Waals surface area (Å²) in [5, 5.41) is 0. The predicted molar refractivity (Wildman–Crippen MR) is 71.3 cm³/mol. The summed E-state index contributed by atoms with van der Waals surface area (Å²) in [6.07, 6.45) is 0.740. The molecular formula is C12H14BrNO2S. The predicted octanol–water partition coefficient (Wildman–Crippen LogP) is 2.95. The maximum atomic E-state index is 12.1. The Bertz CT molecular complexity index is 467. The van der Waals surface area contributed by atoms with Crippen LogP contribution >= 0.6 is 27.3 Å². The van der Waals surface area contributed by atoms with Gasteiger partial charge < -0.3 is 4.90 Å². The van der Waals surface area contributed by atoms with Crippen LogP contribution in [0.4, 0.5) is 0 Å². The Morgan fingerprint density at radius 2 is 2.18 bits per heavy atom. The average molecular weight is 316 g/mol. The van der Waals surface area contributed by atoms with E-state index in [1.54, 1.807) is 11.0 Å². The van der Waals surface area contributed by atoms with Crippen molar-refractivity contribution in [2.75, 3.05) is 13.1 Å². The molecule has 1 aliphatic rings. The summed E-state index contributed by atoms with van der Waals surface area (Å²) in [5.74, 6) is 0.109. The highest BCUT2D eigenvalue weighted by Crippen LogP contribution is 2.29. The molecule has 3 nitrogen and oxygen atoms in total. The number of carbonyl (C=O) groups is 2. The van der Waals surface area contributed by atoms with E-state index in [2.05, 4.69) is 15.9 Å². The lowest BCUT2D eigenvalue weighted by atomic mass is 9.81. The first-order valence-electron chi connectivity index (χ1n) is 5.48. The molecule has 2 rings (SSSR count). The summed E-state index contributed by atoms with van der Waals surface area (Å²) in [5.41, 5.74) is -0.285. The van der Waals surface area contributed by atoms with Gasteiger partial charge in [0.05, 0.1) is 15.2 Å². The van der Waals surface area contributed by atoms with Crippen molar-refractivity contribution >= 4 is 39.0 Å². The monoisotopic (exact) mass is 315 g/mol. The third-order valence-electron chi connectivity index (χ3n) is 3.17. The summed E-state index contributed by atoms with van der Waals surface area (Å²) < 4.78 is 0.935. The van der Waals surface area contributed by atoms with Gasteiger partial charge >= 0.3 is 0 Å². The lowest BCUT2D eigenvalue weighted by Crippen LogP contribution is -2.47. The van der Waals surface area contributed by atoms with Crippen molar-refractivity contribution in [3.8, 4) is 0 Å². The first kappa shape index (κ1) is 12.8. The van der Waals surface area contributed by atoms with Crippen LogP contribution in [0, 0.1) is 5.41 Å². The van der Waals surface area contributed by atoms with Crippen LogP contribution in [0.1, 0.15) is 29.9 Å². The van der Waals surface area contributed by atoms with Crippen molar-refractivity contribution in [2.24, 2.45) is 5.41 Å². The van der Waals surface area contributed by atoms with Gasteiger partial charge in [-0.2, -0.15) is 0 Å². The number of amides is 1. The van der Waals surface area contributed by atoms with Gasteiger partial charge in [-0.25, -0.2) is 0 Å². The van der Waals surface area contributed by atoms with Crippen molar-refractivity contribution in [1.82, 2.24) is 4.90 Å². The molecule has 0 bridgehead atoms. The van der Waals surface area contributed by atoms with Crippen LogP contribution in [-0.4, -0.2) is 29.7 Å². The zero-order valence-electron chi connectivity index (χ0n) is 9.83. The van der Waals surface area contributed by atoms with Gasteiger partial charge in [-0.15, -0.1) is 11.3 Å². The van der Waals surface area contributed by atoms with Crippen LogP contribution < -0.4 is 0 Å². The molecule has 1 aliphatic heterocycles. The molecule has 0 radical (unpaired) electrons. The molecule has 1 saturated heterocycles. The van der Waals surface area contributed by atoms with Gasteiger partial charge in [0.1, 0.15) is 0 Å². The Labute approximate surface area is 113 Å². The standard InChI is InChI=1S/C12H14BrNO2S/c1-12(2)5-6-14(7-9(12)15)11(16)8-3-4-10(13)17-8/h3-4H,5-7H2,1-2H3. The average Bonchev–Trinajstić information content (AvgIpc) is 2.68. The van der Waals surface area contributed by atoms with E-state index >= 15 is 0 Å². The summed E-state index contributed by atoms with van der Waals surface area (Å²) >= 11 is 4.74. The lowest BCUT2D eigenvalue weighted by Gasteiger charge is -2.35. The highest BCUT2D eigenvalue weighted by atomic mass is 79.9. The molecular weight excluding hydrogens is 302 g/mol. The lowest BCUT2D eigenvalue weighted by molar-refractivity contribution is -0.130. The molecule has 1 aromatic rings. The van der Waals surface area contributed by atoms with Crippen molar-refractivity contribution in [1.29, 1.82) is 0 Å². The van der Waals surface area contributed by atoms with Crippen molar-refractivity contribution in [3.05, 3.63) is 20.8 Å². The first-order valence-corrected chi connectivity index (χ1v) is 7.09. The third kappa shape index (κ3) is 2.60. The Hall–Kier alpha value is -0.680. The molecule has 0 spiro atoms. The number of piperidine rings is 1. The van der Waals surface area contributed by atoms with Crippen LogP contribution in [0.5, 0.6) is 0 Å². The fourth-order valence-corrected chi connectivity index (χ4v) is 3.13. The molecule has 0 unspecified atom stereocenters. The highest BCUT2D eigenvalue weighted by Gasteiger charge is 2.35. The first-order chi connectivity index (χ1) is 7.90. The molecule has 5 heteroatoms. The Balaban J connectivity index is 2.10. The fraction of sp³-hybridized carbons (Fsp3) is 0.500. The van der Waals surface area contributed by atoms with Crippen LogP contribution in [0.3, 0.4) is 0 Å². The number of halogens is 1. The number of ketones is 1. The minimum atomic E-state index is -0.285. The maximum absolute atomic E-state index is 12.1. The van der Waals surface area contributed by atoms with Crippen LogP contribution in [0.25, 0.3) is 0 Å². The maximum Gasteiger partial charge on any atom is 0.264 e.